The Morgan fingerprint density at radius 3 is 3.12 bits per heavy atom. The number of halogens is 2. The molecule has 0 radical (unpaired) electrons. The van der Waals surface area contributed by atoms with Crippen molar-refractivity contribution in [2.45, 2.75) is 6.10 Å². The quantitative estimate of drug-likeness (QED) is 0.882. The van der Waals surface area contributed by atoms with Gasteiger partial charge in [-0.2, -0.15) is 0 Å². The minimum Gasteiger partial charge on any atom is -0.489 e. The summed E-state index contributed by atoms with van der Waals surface area (Å²) in [5.74, 6) is 0.116. The number of rotatable bonds is 3. The molecule has 2 rings (SSSR count). The zero-order chi connectivity index (χ0) is 11.4. The van der Waals surface area contributed by atoms with Gasteiger partial charge in [-0.05, 0) is 18.2 Å². The van der Waals surface area contributed by atoms with Crippen LogP contribution in [0.25, 0.3) is 0 Å². The van der Waals surface area contributed by atoms with Crippen molar-refractivity contribution in [3.05, 3.63) is 29.0 Å². The molecule has 1 aromatic rings. The molecule has 1 fully saturated rings. The maximum absolute atomic E-state index is 12.8. The zero-order valence-electron chi connectivity index (χ0n) is 8.71. The van der Waals surface area contributed by atoms with Crippen molar-refractivity contribution in [2.75, 3.05) is 26.3 Å². The molecule has 1 aliphatic rings. The Labute approximate surface area is 98.5 Å². The SMILES string of the molecule is Fc1ccc(OC[C@@H]2CNCCO2)c(Cl)c1. The van der Waals surface area contributed by atoms with Crippen molar-refractivity contribution in [1.82, 2.24) is 5.32 Å². The van der Waals surface area contributed by atoms with E-state index in [1.165, 1.54) is 18.2 Å². The highest BCUT2D eigenvalue weighted by molar-refractivity contribution is 6.32. The zero-order valence-corrected chi connectivity index (χ0v) is 9.47. The highest BCUT2D eigenvalue weighted by atomic mass is 35.5. The van der Waals surface area contributed by atoms with Crippen LogP contribution in [-0.2, 0) is 4.74 Å². The van der Waals surface area contributed by atoms with Gasteiger partial charge in [0.15, 0.2) is 0 Å². The van der Waals surface area contributed by atoms with Crippen LogP contribution in [0.2, 0.25) is 5.02 Å². The molecule has 3 nitrogen and oxygen atoms in total. The van der Waals surface area contributed by atoms with Crippen LogP contribution in [0.15, 0.2) is 18.2 Å². The van der Waals surface area contributed by atoms with E-state index in [9.17, 15) is 4.39 Å². The number of hydrogen-bond donors (Lipinski definition) is 1. The molecule has 88 valence electrons. The fraction of sp³-hybridized carbons (Fsp3) is 0.455. The third-order valence-electron chi connectivity index (χ3n) is 2.32. The van der Waals surface area contributed by atoms with E-state index < -0.39 is 0 Å². The van der Waals surface area contributed by atoms with Crippen LogP contribution >= 0.6 is 11.6 Å². The minimum atomic E-state index is -0.368. The fourth-order valence-electron chi connectivity index (χ4n) is 1.50. The number of nitrogens with one attached hydrogen (secondary N) is 1. The summed E-state index contributed by atoms with van der Waals surface area (Å²) in [6.07, 6.45) is 0.0230. The van der Waals surface area contributed by atoms with Gasteiger partial charge in [-0.15, -0.1) is 0 Å². The maximum Gasteiger partial charge on any atom is 0.138 e. The van der Waals surface area contributed by atoms with Gasteiger partial charge in [0.2, 0.25) is 0 Å². The Morgan fingerprint density at radius 2 is 2.44 bits per heavy atom. The second-order valence-corrected chi connectivity index (χ2v) is 3.99. The van der Waals surface area contributed by atoms with Crippen molar-refractivity contribution in [2.24, 2.45) is 0 Å². The van der Waals surface area contributed by atoms with Crippen LogP contribution < -0.4 is 10.1 Å². The fourth-order valence-corrected chi connectivity index (χ4v) is 1.72. The van der Waals surface area contributed by atoms with E-state index >= 15 is 0 Å². The lowest BCUT2D eigenvalue weighted by Gasteiger charge is -2.23. The van der Waals surface area contributed by atoms with Crippen molar-refractivity contribution in [1.29, 1.82) is 0 Å². The third-order valence-corrected chi connectivity index (χ3v) is 2.62. The Morgan fingerprint density at radius 1 is 1.56 bits per heavy atom. The van der Waals surface area contributed by atoms with Gasteiger partial charge in [-0.3, -0.25) is 0 Å². The van der Waals surface area contributed by atoms with Gasteiger partial charge in [0, 0.05) is 13.1 Å². The molecular weight excluding hydrogens is 233 g/mol. The van der Waals surface area contributed by atoms with E-state index in [2.05, 4.69) is 5.32 Å². The van der Waals surface area contributed by atoms with Gasteiger partial charge in [0.25, 0.3) is 0 Å². The predicted octanol–water partition coefficient (Wildman–Crippen LogP) is 1.85. The lowest BCUT2D eigenvalue weighted by molar-refractivity contribution is 0.000206. The second-order valence-electron chi connectivity index (χ2n) is 3.58. The largest absolute Gasteiger partial charge is 0.489 e. The molecule has 0 amide bonds. The molecule has 1 atom stereocenters. The summed E-state index contributed by atoms with van der Waals surface area (Å²) in [6, 6.07) is 4.08. The first-order chi connectivity index (χ1) is 7.75. The van der Waals surface area contributed by atoms with Crippen molar-refractivity contribution < 1.29 is 13.9 Å². The smallest absolute Gasteiger partial charge is 0.138 e. The lowest BCUT2D eigenvalue weighted by atomic mass is 10.3. The van der Waals surface area contributed by atoms with Gasteiger partial charge < -0.3 is 14.8 Å². The van der Waals surface area contributed by atoms with Crippen LogP contribution in [0.3, 0.4) is 0 Å². The van der Waals surface area contributed by atoms with Gasteiger partial charge in [0.1, 0.15) is 24.3 Å². The molecule has 0 spiro atoms. The Bertz CT molecular complexity index is 356. The summed E-state index contributed by atoms with van der Waals surface area (Å²) < 4.78 is 23.7. The molecule has 0 aromatic heterocycles. The Hall–Kier alpha value is -0.840. The van der Waals surface area contributed by atoms with Crippen molar-refractivity contribution in [3.8, 4) is 5.75 Å². The molecule has 1 N–H and O–H groups in total. The Balaban J connectivity index is 1.88. The summed E-state index contributed by atoms with van der Waals surface area (Å²) in [5, 5.41) is 3.48. The van der Waals surface area contributed by atoms with E-state index in [1.807, 2.05) is 0 Å². The molecule has 0 saturated carbocycles. The molecule has 1 aliphatic heterocycles. The van der Waals surface area contributed by atoms with E-state index in [1.54, 1.807) is 0 Å². The van der Waals surface area contributed by atoms with Gasteiger partial charge >= 0.3 is 0 Å². The summed E-state index contributed by atoms with van der Waals surface area (Å²) in [5.41, 5.74) is 0. The normalized spacial score (nSPS) is 20.8. The first-order valence-corrected chi connectivity index (χ1v) is 5.53. The molecule has 0 aliphatic carbocycles. The summed E-state index contributed by atoms with van der Waals surface area (Å²) in [6.45, 7) is 2.73. The van der Waals surface area contributed by atoms with E-state index in [-0.39, 0.29) is 16.9 Å². The van der Waals surface area contributed by atoms with Crippen LogP contribution in [0.5, 0.6) is 5.75 Å². The monoisotopic (exact) mass is 245 g/mol. The van der Waals surface area contributed by atoms with Crippen LogP contribution in [0.1, 0.15) is 0 Å². The number of benzene rings is 1. The average molecular weight is 246 g/mol. The van der Waals surface area contributed by atoms with Gasteiger partial charge in [-0.1, -0.05) is 11.6 Å². The van der Waals surface area contributed by atoms with E-state index in [0.717, 1.165) is 13.1 Å². The van der Waals surface area contributed by atoms with E-state index in [0.29, 0.717) is 19.0 Å². The minimum absolute atomic E-state index is 0.0230. The van der Waals surface area contributed by atoms with Crippen LogP contribution in [0, 0.1) is 5.82 Å². The lowest BCUT2D eigenvalue weighted by Crippen LogP contribution is -2.41. The molecule has 16 heavy (non-hydrogen) atoms. The van der Waals surface area contributed by atoms with Gasteiger partial charge in [-0.25, -0.2) is 4.39 Å². The Kier molecular flexibility index (Phi) is 3.98. The maximum atomic E-state index is 12.8. The molecule has 5 heteroatoms. The molecule has 1 heterocycles. The predicted molar refractivity (Wildman–Crippen MR) is 59.5 cm³/mol. The molecule has 0 bridgehead atoms. The van der Waals surface area contributed by atoms with Crippen molar-refractivity contribution >= 4 is 11.6 Å². The highest BCUT2D eigenvalue weighted by Gasteiger charge is 2.14. The third kappa shape index (κ3) is 3.07. The summed E-state index contributed by atoms with van der Waals surface area (Å²) in [4.78, 5) is 0. The molecule has 1 aromatic carbocycles. The van der Waals surface area contributed by atoms with Crippen LogP contribution in [0.4, 0.5) is 4.39 Å². The number of hydrogen-bond acceptors (Lipinski definition) is 3. The molecule has 0 unspecified atom stereocenters. The number of morpholine rings is 1. The van der Waals surface area contributed by atoms with Crippen LogP contribution in [-0.4, -0.2) is 32.4 Å². The average Bonchev–Trinajstić information content (AvgIpc) is 2.29. The first kappa shape index (κ1) is 11.6. The van der Waals surface area contributed by atoms with E-state index in [4.69, 9.17) is 21.1 Å². The van der Waals surface area contributed by atoms with Gasteiger partial charge in [0.05, 0.1) is 11.6 Å². The molecular formula is C11H13ClFNO2. The van der Waals surface area contributed by atoms with Crippen molar-refractivity contribution in [3.63, 3.8) is 0 Å². The molecule has 1 saturated heterocycles. The topological polar surface area (TPSA) is 30.5 Å². The summed E-state index contributed by atoms with van der Waals surface area (Å²) >= 11 is 5.83. The standard InChI is InChI=1S/C11H13ClFNO2/c12-10-5-8(13)1-2-11(10)16-7-9-6-14-3-4-15-9/h1-2,5,9,14H,3-4,6-7H2/t9-/m0/s1. The number of ether oxygens (including phenoxy) is 2. The first-order valence-electron chi connectivity index (χ1n) is 5.16. The second kappa shape index (κ2) is 5.48. The summed E-state index contributed by atoms with van der Waals surface area (Å²) in [7, 11) is 0. The highest BCUT2D eigenvalue weighted by Crippen LogP contribution is 2.25.